The molecule has 1 rings (SSSR count). The molecule has 0 aromatic heterocycles. The van der Waals surface area contributed by atoms with Crippen molar-refractivity contribution in [2.45, 2.75) is 6.92 Å². The summed E-state index contributed by atoms with van der Waals surface area (Å²) in [6.45, 7) is 1.89. The standard InChI is InChI=1S/C10H12FN3O2S/c1-3-14(2)17(15,16)13-10-8(7-12)5-4-6-9(10)11/h4-6,13H,3H2,1-2H3. The molecule has 0 radical (unpaired) electrons. The van der Waals surface area contributed by atoms with Crippen molar-refractivity contribution in [3.63, 3.8) is 0 Å². The minimum absolute atomic E-state index is 0.0573. The predicted octanol–water partition coefficient (Wildman–Crippen LogP) is 1.31. The van der Waals surface area contributed by atoms with Crippen molar-refractivity contribution in [2.75, 3.05) is 18.3 Å². The second-order valence-corrected chi connectivity index (χ2v) is 5.07. The van der Waals surface area contributed by atoms with Crippen LogP contribution in [0.2, 0.25) is 0 Å². The number of hydrogen-bond donors (Lipinski definition) is 1. The lowest BCUT2D eigenvalue weighted by atomic mass is 10.2. The van der Waals surface area contributed by atoms with Crippen molar-refractivity contribution in [2.24, 2.45) is 0 Å². The van der Waals surface area contributed by atoms with Crippen molar-refractivity contribution in [1.29, 1.82) is 5.26 Å². The van der Waals surface area contributed by atoms with Gasteiger partial charge in [0.25, 0.3) is 0 Å². The van der Waals surface area contributed by atoms with E-state index in [1.54, 1.807) is 13.0 Å². The highest BCUT2D eigenvalue weighted by atomic mass is 32.2. The molecule has 0 atom stereocenters. The van der Waals surface area contributed by atoms with Gasteiger partial charge in [-0.25, -0.2) is 4.39 Å². The second-order valence-electron chi connectivity index (χ2n) is 3.30. The lowest BCUT2D eigenvalue weighted by Gasteiger charge is -2.17. The molecule has 0 bridgehead atoms. The van der Waals surface area contributed by atoms with Gasteiger partial charge in [0.2, 0.25) is 0 Å². The summed E-state index contributed by atoms with van der Waals surface area (Å²) in [7, 11) is -2.47. The van der Waals surface area contributed by atoms with Crippen LogP contribution in [0.15, 0.2) is 18.2 Å². The largest absolute Gasteiger partial charge is 0.301 e. The number of para-hydroxylation sites is 1. The maximum atomic E-state index is 13.4. The quantitative estimate of drug-likeness (QED) is 0.883. The molecule has 0 unspecified atom stereocenters. The first-order valence-electron chi connectivity index (χ1n) is 4.85. The molecule has 0 aliphatic carbocycles. The Bertz CT molecular complexity index is 551. The van der Waals surface area contributed by atoms with Crippen LogP contribution in [-0.2, 0) is 10.2 Å². The molecule has 17 heavy (non-hydrogen) atoms. The van der Waals surface area contributed by atoms with Crippen LogP contribution in [0.5, 0.6) is 0 Å². The zero-order valence-electron chi connectivity index (χ0n) is 9.44. The summed E-state index contributed by atoms with van der Waals surface area (Å²) in [6, 6.07) is 5.50. The number of nitriles is 1. The van der Waals surface area contributed by atoms with Crippen molar-refractivity contribution in [3.8, 4) is 6.07 Å². The van der Waals surface area contributed by atoms with Crippen LogP contribution >= 0.6 is 0 Å². The van der Waals surface area contributed by atoms with Gasteiger partial charge in [-0.3, -0.25) is 4.72 Å². The van der Waals surface area contributed by atoms with E-state index >= 15 is 0 Å². The minimum atomic E-state index is -3.83. The van der Waals surface area contributed by atoms with E-state index in [4.69, 9.17) is 5.26 Å². The Kier molecular flexibility index (Phi) is 4.04. The molecule has 0 fully saturated rings. The summed E-state index contributed by atoms with van der Waals surface area (Å²) >= 11 is 0. The molecule has 0 amide bonds. The number of benzene rings is 1. The molecule has 1 aromatic carbocycles. The van der Waals surface area contributed by atoms with Crippen molar-refractivity contribution < 1.29 is 12.8 Å². The monoisotopic (exact) mass is 257 g/mol. The molecule has 5 nitrogen and oxygen atoms in total. The maximum Gasteiger partial charge on any atom is 0.301 e. The lowest BCUT2D eigenvalue weighted by Crippen LogP contribution is -2.32. The zero-order chi connectivity index (χ0) is 13.1. The smallest absolute Gasteiger partial charge is 0.267 e. The fraction of sp³-hybridized carbons (Fsp3) is 0.300. The Morgan fingerprint density at radius 1 is 1.53 bits per heavy atom. The summed E-state index contributed by atoms with van der Waals surface area (Å²) in [4.78, 5) is 0. The third-order valence-corrected chi connectivity index (χ3v) is 3.76. The number of anilines is 1. The van der Waals surface area contributed by atoms with E-state index in [-0.39, 0.29) is 17.8 Å². The minimum Gasteiger partial charge on any atom is -0.267 e. The third-order valence-electron chi connectivity index (χ3n) is 2.22. The Labute approximate surface area is 99.7 Å². The topological polar surface area (TPSA) is 73.2 Å². The van der Waals surface area contributed by atoms with Crippen LogP contribution in [0.3, 0.4) is 0 Å². The third kappa shape index (κ3) is 2.93. The first-order valence-corrected chi connectivity index (χ1v) is 6.29. The number of nitrogens with zero attached hydrogens (tertiary/aromatic N) is 2. The first kappa shape index (κ1) is 13.4. The summed E-state index contributed by atoms with van der Waals surface area (Å²) in [5.41, 5.74) is -0.381. The molecule has 0 saturated carbocycles. The fourth-order valence-electron chi connectivity index (χ4n) is 1.10. The highest BCUT2D eigenvalue weighted by molar-refractivity contribution is 7.90. The predicted molar refractivity (Wildman–Crippen MR) is 62.0 cm³/mol. The molecule has 0 heterocycles. The van der Waals surface area contributed by atoms with E-state index in [1.165, 1.54) is 19.2 Å². The molecule has 0 saturated heterocycles. The van der Waals surface area contributed by atoms with Crippen LogP contribution in [-0.4, -0.2) is 26.3 Å². The Morgan fingerprint density at radius 3 is 2.71 bits per heavy atom. The van der Waals surface area contributed by atoms with Crippen LogP contribution < -0.4 is 4.72 Å². The van der Waals surface area contributed by atoms with E-state index in [1.807, 2.05) is 0 Å². The molecular weight excluding hydrogens is 245 g/mol. The second kappa shape index (κ2) is 5.12. The summed E-state index contributed by atoms with van der Waals surface area (Å²) in [5.74, 6) is -0.780. The van der Waals surface area contributed by atoms with Gasteiger partial charge in [0.05, 0.1) is 5.56 Å². The van der Waals surface area contributed by atoms with Crippen LogP contribution in [0.1, 0.15) is 12.5 Å². The van der Waals surface area contributed by atoms with Gasteiger partial charge in [0.1, 0.15) is 17.6 Å². The van der Waals surface area contributed by atoms with Crippen molar-refractivity contribution in [1.82, 2.24) is 4.31 Å². The number of hydrogen-bond acceptors (Lipinski definition) is 3. The Hall–Kier alpha value is -1.65. The lowest BCUT2D eigenvalue weighted by molar-refractivity contribution is 0.491. The summed E-state index contributed by atoms with van der Waals surface area (Å²) in [5, 5.41) is 8.77. The molecule has 1 aromatic rings. The Morgan fingerprint density at radius 2 is 2.18 bits per heavy atom. The summed E-state index contributed by atoms with van der Waals surface area (Å²) in [6.07, 6.45) is 0. The molecule has 92 valence electrons. The highest BCUT2D eigenvalue weighted by Gasteiger charge is 2.19. The van der Waals surface area contributed by atoms with Crippen molar-refractivity contribution in [3.05, 3.63) is 29.6 Å². The normalized spacial score (nSPS) is 11.2. The van der Waals surface area contributed by atoms with Gasteiger partial charge in [0.15, 0.2) is 0 Å². The first-order chi connectivity index (χ1) is 7.92. The SMILES string of the molecule is CCN(C)S(=O)(=O)Nc1c(F)cccc1C#N. The van der Waals surface area contributed by atoms with E-state index in [2.05, 4.69) is 4.72 Å². The number of rotatable bonds is 4. The van der Waals surface area contributed by atoms with Crippen LogP contribution in [0.4, 0.5) is 10.1 Å². The molecule has 0 aliphatic heterocycles. The van der Waals surface area contributed by atoms with E-state index in [9.17, 15) is 12.8 Å². The van der Waals surface area contributed by atoms with Gasteiger partial charge < -0.3 is 0 Å². The highest BCUT2D eigenvalue weighted by Crippen LogP contribution is 2.20. The average molecular weight is 257 g/mol. The van der Waals surface area contributed by atoms with Gasteiger partial charge in [-0.2, -0.15) is 18.0 Å². The van der Waals surface area contributed by atoms with E-state index in [0.717, 1.165) is 10.4 Å². The van der Waals surface area contributed by atoms with Gasteiger partial charge in [-0.05, 0) is 12.1 Å². The van der Waals surface area contributed by atoms with Crippen LogP contribution in [0.25, 0.3) is 0 Å². The van der Waals surface area contributed by atoms with Gasteiger partial charge >= 0.3 is 10.2 Å². The number of nitrogens with one attached hydrogen (secondary N) is 1. The molecule has 0 aliphatic rings. The van der Waals surface area contributed by atoms with Crippen molar-refractivity contribution >= 4 is 15.9 Å². The zero-order valence-corrected chi connectivity index (χ0v) is 10.3. The molecule has 7 heteroatoms. The average Bonchev–Trinajstić information content (AvgIpc) is 2.30. The van der Waals surface area contributed by atoms with Gasteiger partial charge in [-0.15, -0.1) is 0 Å². The number of halogens is 1. The van der Waals surface area contributed by atoms with E-state index < -0.39 is 16.0 Å². The van der Waals surface area contributed by atoms with Gasteiger partial charge in [0, 0.05) is 13.6 Å². The molecule has 1 N–H and O–H groups in total. The molecule has 0 spiro atoms. The summed E-state index contributed by atoms with van der Waals surface area (Å²) < 4.78 is 39.9. The molecular formula is C10H12FN3O2S. The van der Waals surface area contributed by atoms with Gasteiger partial charge in [-0.1, -0.05) is 13.0 Å². The van der Waals surface area contributed by atoms with E-state index in [0.29, 0.717) is 0 Å². The fourth-order valence-corrected chi connectivity index (χ4v) is 2.06. The van der Waals surface area contributed by atoms with Crippen LogP contribution in [0, 0.1) is 17.1 Å². The Balaban J connectivity index is 3.17. The maximum absolute atomic E-state index is 13.4.